The quantitative estimate of drug-likeness (QED) is 0.824. The fourth-order valence-electron chi connectivity index (χ4n) is 1.39. The predicted octanol–water partition coefficient (Wildman–Crippen LogP) is 2.23. The van der Waals surface area contributed by atoms with E-state index in [1.54, 1.807) is 18.5 Å². The van der Waals surface area contributed by atoms with Gasteiger partial charge in [0.05, 0.1) is 11.9 Å². The van der Waals surface area contributed by atoms with Crippen LogP contribution in [0.1, 0.15) is 5.69 Å². The number of hydrogen-bond acceptors (Lipinski definition) is 4. The summed E-state index contributed by atoms with van der Waals surface area (Å²) in [6.07, 6.45) is 3.22. The van der Waals surface area contributed by atoms with Crippen LogP contribution in [-0.4, -0.2) is 15.1 Å². The van der Waals surface area contributed by atoms with Crippen molar-refractivity contribution in [2.45, 2.75) is 6.92 Å². The maximum atomic E-state index is 5.58. The Bertz CT molecular complexity index is 574. The average molecular weight is 260 g/mol. The Morgan fingerprint density at radius 3 is 2.94 bits per heavy atom. The molecule has 0 saturated heterocycles. The van der Waals surface area contributed by atoms with Gasteiger partial charge in [-0.05, 0) is 31.3 Å². The van der Waals surface area contributed by atoms with Crippen molar-refractivity contribution in [2.24, 2.45) is 5.73 Å². The maximum Gasteiger partial charge on any atom is 0.238 e. The van der Waals surface area contributed by atoms with Gasteiger partial charge in [0.25, 0.3) is 0 Å². The summed E-state index contributed by atoms with van der Waals surface area (Å²) >= 11 is 4.77. The molecule has 0 unspecified atom stereocenters. The molecule has 0 spiro atoms. The molecule has 18 heavy (non-hydrogen) atoms. The van der Waals surface area contributed by atoms with E-state index in [4.69, 9.17) is 22.7 Å². The standard InChI is InChI=1S/C12H12N4OS/c1-8-6-14-7-11(15-8)17-10-4-2-3-9(5-10)16-12(13)18/h2-7H,1H3,(H3,13,16,18). The Morgan fingerprint density at radius 2 is 2.22 bits per heavy atom. The smallest absolute Gasteiger partial charge is 0.238 e. The molecule has 2 aromatic rings. The molecule has 0 bridgehead atoms. The molecular weight excluding hydrogens is 248 g/mol. The first-order chi connectivity index (χ1) is 8.63. The molecule has 0 atom stereocenters. The Labute approximate surface area is 110 Å². The topological polar surface area (TPSA) is 73.1 Å². The zero-order chi connectivity index (χ0) is 13.0. The molecule has 2 rings (SSSR count). The first kappa shape index (κ1) is 12.3. The summed E-state index contributed by atoms with van der Waals surface area (Å²) in [4.78, 5) is 8.21. The van der Waals surface area contributed by atoms with Crippen molar-refractivity contribution in [3.05, 3.63) is 42.4 Å². The summed E-state index contributed by atoms with van der Waals surface area (Å²) in [5.41, 5.74) is 6.96. The zero-order valence-corrected chi connectivity index (χ0v) is 10.6. The lowest BCUT2D eigenvalue weighted by Crippen LogP contribution is -2.18. The number of aromatic nitrogens is 2. The second-order valence-electron chi connectivity index (χ2n) is 3.62. The molecule has 0 fully saturated rings. The summed E-state index contributed by atoms with van der Waals surface area (Å²) in [5.74, 6) is 1.08. The molecule has 3 N–H and O–H groups in total. The van der Waals surface area contributed by atoms with Gasteiger partial charge in [-0.2, -0.15) is 0 Å². The summed E-state index contributed by atoms with van der Waals surface area (Å²) in [5, 5.41) is 3.05. The Balaban J connectivity index is 2.16. The Morgan fingerprint density at radius 1 is 1.39 bits per heavy atom. The third-order valence-corrected chi connectivity index (χ3v) is 2.16. The molecular formula is C12H12N4OS. The van der Waals surface area contributed by atoms with Crippen LogP contribution >= 0.6 is 12.2 Å². The number of nitrogens with one attached hydrogen (secondary N) is 1. The molecule has 0 amide bonds. The molecule has 0 saturated carbocycles. The normalized spacial score (nSPS) is 9.83. The van der Waals surface area contributed by atoms with Gasteiger partial charge in [-0.15, -0.1) is 0 Å². The molecule has 6 heteroatoms. The van der Waals surface area contributed by atoms with Crippen LogP contribution in [0.2, 0.25) is 0 Å². The fourth-order valence-corrected chi connectivity index (χ4v) is 1.51. The summed E-state index contributed by atoms with van der Waals surface area (Å²) in [6.45, 7) is 1.85. The summed E-state index contributed by atoms with van der Waals surface area (Å²) in [7, 11) is 0. The van der Waals surface area contributed by atoms with E-state index in [9.17, 15) is 0 Å². The highest BCUT2D eigenvalue weighted by Crippen LogP contribution is 2.22. The number of rotatable bonds is 3. The molecule has 1 aromatic carbocycles. The number of hydrogen-bond donors (Lipinski definition) is 2. The highest BCUT2D eigenvalue weighted by Gasteiger charge is 2.01. The molecule has 5 nitrogen and oxygen atoms in total. The summed E-state index contributed by atoms with van der Waals surface area (Å²) in [6, 6.07) is 7.27. The van der Waals surface area contributed by atoms with Crippen molar-refractivity contribution < 1.29 is 4.74 Å². The van der Waals surface area contributed by atoms with Gasteiger partial charge in [-0.25, -0.2) is 4.98 Å². The highest BCUT2D eigenvalue weighted by atomic mass is 32.1. The van der Waals surface area contributed by atoms with Gasteiger partial charge < -0.3 is 15.8 Å². The van der Waals surface area contributed by atoms with Gasteiger partial charge in [-0.1, -0.05) is 6.07 Å². The lowest BCUT2D eigenvalue weighted by molar-refractivity contribution is 0.459. The average Bonchev–Trinajstić information content (AvgIpc) is 2.28. The number of ether oxygens (including phenoxy) is 1. The van der Waals surface area contributed by atoms with Crippen molar-refractivity contribution in [1.82, 2.24) is 9.97 Å². The second-order valence-corrected chi connectivity index (χ2v) is 4.06. The van der Waals surface area contributed by atoms with Crippen molar-refractivity contribution in [3.8, 4) is 11.6 Å². The minimum Gasteiger partial charge on any atom is -0.437 e. The third kappa shape index (κ3) is 3.39. The SMILES string of the molecule is Cc1cncc(Oc2cccc(NC(N)=S)c2)n1. The van der Waals surface area contributed by atoms with Gasteiger partial charge in [-0.3, -0.25) is 4.98 Å². The van der Waals surface area contributed by atoms with E-state index in [0.29, 0.717) is 11.6 Å². The number of nitrogens with zero attached hydrogens (tertiary/aromatic N) is 2. The van der Waals surface area contributed by atoms with E-state index in [2.05, 4.69) is 15.3 Å². The van der Waals surface area contributed by atoms with E-state index < -0.39 is 0 Å². The van der Waals surface area contributed by atoms with Gasteiger partial charge in [0.1, 0.15) is 5.75 Å². The monoisotopic (exact) mass is 260 g/mol. The molecule has 92 valence electrons. The van der Waals surface area contributed by atoms with Crippen molar-refractivity contribution in [2.75, 3.05) is 5.32 Å². The largest absolute Gasteiger partial charge is 0.437 e. The van der Waals surface area contributed by atoms with E-state index in [0.717, 1.165) is 11.4 Å². The van der Waals surface area contributed by atoms with Gasteiger partial charge >= 0.3 is 0 Å². The Kier molecular flexibility index (Phi) is 3.69. The predicted molar refractivity (Wildman–Crippen MR) is 73.7 cm³/mol. The first-order valence-corrected chi connectivity index (χ1v) is 5.67. The number of benzene rings is 1. The molecule has 0 aliphatic rings. The molecule has 0 aliphatic heterocycles. The minimum atomic E-state index is 0.211. The van der Waals surface area contributed by atoms with Crippen LogP contribution in [0.3, 0.4) is 0 Å². The van der Waals surface area contributed by atoms with Crippen LogP contribution in [0.15, 0.2) is 36.7 Å². The van der Waals surface area contributed by atoms with Crippen molar-refractivity contribution >= 4 is 23.0 Å². The number of thiocarbonyl (C=S) groups is 1. The number of nitrogens with two attached hydrogens (primary N) is 1. The van der Waals surface area contributed by atoms with Gasteiger partial charge in [0, 0.05) is 18.0 Å². The lowest BCUT2D eigenvalue weighted by Gasteiger charge is -2.07. The van der Waals surface area contributed by atoms with Crippen LogP contribution in [-0.2, 0) is 0 Å². The molecule has 0 aliphatic carbocycles. The van der Waals surface area contributed by atoms with Crippen molar-refractivity contribution in [1.29, 1.82) is 0 Å². The van der Waals surface area contributed by atoms with Gasteiger partial charge in [0.2, 0.25) is 5.88 Å². The second kappa shape index (κ2) is 5.42. The van der Waals surface area contributed by atoms with Crippen molar-refractivity contribution in [3.63, 3.8) is 0 Å². The van der Waals surface area contributed by atoms with Crippen LogP contribution < -0.4 is 15.8 Å². The van der Waals surface area contributed by atoms with E-state index >= 15 is 0 Å². The maximum absolute atomic E-state index is 5.58. The fraction of sp³-hybridized carbons (Fsp3) is 0.0833. The van der Waals surface area contributed by atoms with Crippen LogP contribution in [0.4, 0.5) is 5.69 Å². The lowest BCUT2D eigenvalue weighted by atomic mass is 10.3. The minimum absolute atomic E-state index is 0.211. The zero-order valence-electron chi connectivity index (χ0n) is 9.75. The first-order valence-electron chi connectivity index (χ1n) is 5.26. The Hall–Kier alpha value is -2.21. The third-order valence-electron chi connectivity index (χ3n) is 2.06. The molecule has 1 heterocycles. The van der Waals surface area contributed by atoms with E-state index in [1.165, 1.54) is 0 Å². The number of aryl methyl sites for hydroxylation is 1. The van der Waals surface area contributed by atoms with Crippen LogP contribution in [0, 0.1) is 6.92 Å². The highest BCUT2D eigenvalue weighted by molar-refractivity contribution is 7.80. The van der Waals surface area contributed by atoms with Gasteiger partial charge in [0.15, 0.2) is 5.11 Å². The van der Waals surface area contributed by atoms with E-state index in [-0.39, 0.29) is 5.11 Å². The van der Waals surface area contributed by atoms with Crippen LogP contribution in [0.25, 0.3) is 0 Å². The van der Waals surface area contributed by atoms with Crippen LogP contribution in [0.5, 0.6) is 11.6 Å². The number of anilines is 1. The molecule has 0 radical (unpaired) electrons. The van der Waals surface area contributed by atoms with E-state index in [1.807, 2.05) is 25.1 Å². The molecule has 1 aromatic heterocycles. The summed E-state index contributed by atoms with van der Waals surface area (Å²) < 4.78 is 5.58.